The molecular formula is C14H22N2O5. The van der Waals surface area contributed by atoms with E-state index in [4.69, 9.17) is 9.84 Å². The first-order valence-corrected chi connectivity index (χ1v) is 7.24. The summed E-state index contributed by atoms with van der Waals surface area (Å²) in [6, 6.07) is 0. The molecule has 0 spiro atoms. The van der Waals surface area contributed by atoms with Gasteiger partial charge in [0.25, 0.3) is 0 Å². The van der Waals surface area contributed by atoms with Crippen molar-refractivity contribution in [2.24, 2.45) is 17.3 Å². The normalized spacial score (nSPS) is 27.2. The second-order valence-electron chi connectivity index (χ2n) is 6.13. The Labute approximate surface area is 123 Å². The van der Waals surface area contributed by atoms with Gasteiger partial charge in [0.05, 0.1) is 18.4 Å². The summed E-state index contributed by atoms with van der Waals surface area (Å²) in [7, 11) is 0. The lowest BCUT2D eigenvalue weighted by Crippen LogP contribution is -2.51. The Hall–Kier alpha value is -1.79. The maximum atomic E-state index is 12.4. The summed E-state index contributed by atoms with van der Waals surface area (Å²) in [6.45, 7) is 7.40. The fourth-order valence-corrected chi connectivity index (χ4v) is 3.08. The predicted molar refractivity (Wildman–Crippen MR) is 73.6 cm³/mol. The zero-order valence-corrected chi connectivity index (χ0v) is 12.7. The zero-order valence-electron chi connectivity index (χ0n) is 12.7. The van der Waals surface area contributed by atoms with Crippen LogP contribution in [0.15, 0.2) is 0 Å². The van der Waals surface area contributed by atoms with Crippen molar-refractivity contribution in [1.82, 2.24) is 9.80 Å². The number of piperazine rings is 1. The molecule has 0 aromatic rings. The number of carboxylic acids is 1. The maximum Gasteiger partial charge on any atom is 0.409 e. The van der Waals surface area contributed by atoms with Crippen molar-refractivity contribution in [2.45, 2.75) is 20.8 Å². The highest BCUT2D eigenvalue weighted by Crippen LogP contribution is 2.59. The molecule has 2 atom stereocenters. The summed E-state index contributed by atoms with van der Waals surface area (Å²) in [6.07, 6.45) is -0.361. The highest BCUT2D eigenvalue weighted by Gasteiger charge is 2.66. The molecule has 0 radical (unpaired) electrons. The molecular weight excluding hydrogens is 276 g/mol. The molecule has 2 aliphatic rings. The van der Waals surface area contributed by atoms with Crippen LogP contribution in [-0.2, 0) is 14.3 Å². The van der Waals surface area contributed by atoms with E-state index < -0.39 is 23.2 Å². The van der Waals surface area contributed by atoms with Gasteiger partial charge in [-0.2, -0.15) is 0 Å². The van der Waals surface area contributed by atoms with Crippen LogP contribution in [0.4, 0.5) is 4.79 Å². The minimum absolute atomic E-state index is 0.115. The molecule has 2 fully saturated rings. The molecule has 1 aliphatic carbocycles. The molecule has 21 heavy (non-hydrogen) atoms. The van der Waals surface area contributed by atoms with Gasteiger partial charge in [0.2, 0.25) is 5.91 Å². The molecule has 1 saturated heterocycles. The smallest absolute Gasteiger partial charge is 0.409 e. The number of aliphatic carboxylic acids is 1. The third-order valence-corrected chi connectivity index (χ3v) is 4.48. The van der Waals surface area contributed by atoms with Crippen LogP contribution < -0.4 is 0 Å². The maximum absolute atomic E-state index is 12.4. The Balaban J connectivity index is 1.90. The first-order chi connectivity index (χ1) is 9.80. The standard InChI is InChI=1S/C14H22N2O5/c1-4-21-13(20)16-7-5-15(6-8-16)11(17)9-10(12(18)19)14(9,2)3/h9-10H,4-8H2,1-3H3,(H,18,19). The van der Waals surface area contributed by atoms with Crippen LogP contribution in [0.25, 0.3) is 0 Å². The predicted octanol–water partition coefficient (Wildman–Crippen LogP) is 0.644. The highest BCUT2D eigenvalue weighted by molar-refractivity contribution is 5.91. The molecule has 1 N–H and O–H groups in total. The minimum atomic E-state index is -0.913. The van der Waals surface area contributed by atoms with Gasteiger partial charge in [-0.1, -0.05) is 13.8 Å². The molecule has 7 heteroatoms. The van der Waals surface area contributed by atoms with Gasteiger partial charge < -0.3 is 19.6 Å². The van der Waals surface area contributed by atoms with Gasteiger partial charge >= 0.3 is 12.1 Å². The number of amides is 2. The van der Waals surface area contributed by atoms with Crippen molar-refractivity contribution >= 4 is 18.0 Å². The molecule has 1 saturated carbocycles. The van der Waals surface area contributed by atoms with E-state index in [1.54, 1.807) is 16.7 Å². The van der Waals surface area contributed by atoms with Gasteiger partial charge in [-0.3, -0.25) is 9.59 Å². The number of carboxylic acid groups (broad SMARTS) is 1. The molecule has 0 bridgehead atoms. The molecule has 2 rings (SSSR count). The van der Waals surface area contributed by atoms with Gasteiger partial charge in [0.15, 0.2) is 0 Å². The summed E-state index contributed by atoms with van der Waals surface area (Å²) >= 11 is 0. The van der Waals surface area contributed by atoms with E-state index in [1.165, 1.54) is 0 Å². The Morgan fingerprint density at radius 3 is 2.05 bits per heavy atom. The minimum Gasteiger partial charge on any atom is -0.481 e. The van der Waals surface area contributed by atoms with Crippen LogP contribution in [0.1, 0.15) is 20.8 Å². The van der Waals surface area contributed by atoms with Crippen molar-refractivity contribution < 1.29 is 24.2 Å². The fourth-order valence-electron chi connectivity index (χ4n) is 3.08. The van der Waals surface area contributed by atoms with Crippen molar-refractivity contribution in [3.05, 3.63) is 0 Å². The SMILES string of the molecule is CCOC(=O)N1CCN(C(=O)C2C(C(=O)O)C2(C)C)CC1. The van der Waals surface area contributed by atoms with Gasteiger partial charge in [-0.05, 0) is 12.3 Å². The summed E-state index contributed by atoms with van der Waals surface area (Å²) in [5.74, 6) is -2.09. The van der Waals surface area contributed by atoms with E-state index >= 15 is 0 Å². The van der Waals surface area contributed by atoms with Crippen molar-refractivity contribution in [1.29, 1.82) is 0 Å². The number of carbonyl (C=O) groups excluding carboxylic acids is 2. The number of carbonyl (C=O) groups is 3. The number of hydrogen-bond donors (Lipinski definition) is 1. The summed E-state index contributed by atoms with van der Waals surface area (Å²) in [4.78, 5) is 38.4. The van der Waals surface area contributed by atoms with Gasteiger partial charge in [0, 0.05) is 26.2 Å². The van der Waals surface area contributed by atoms with Crippen molar-refractivity contribution in [3.8, 4) is 0 Å². The van der Waals surface area contributed by atoms with Crippen LogP contribution in [0.3, 0.4) is 0 Å². The quantitative estimate of drug-likeness (QED) is 0.826. The summed E-state index contributed by atoms with van der Waals surface area (Å²) < 4.78 is 4.92. The zero-order chi connectivity index (χ0) is 15.8. The van der Waals surface area contributed by atoms with E-state index in [-0.39, 0.29) is 12.0 Å². The van der Waals surface area contributed by atoms with Crippen molar-refractivity contribution in [2.75, 3.05) is 32.8 Å². The van der Waals surface area contributed by atoms with Gasteiger partial charge in [0.1, 0.15) is 0 Å². The average molecular weight is 298 g/mol. The molecule has 0 aromatic heterocycles. The van der Waals surface area contributed by atoms with Crippen LogP contribution in [0.2, 0.25) is 0 Å². The molecule has 2 unspecified atom stereocenters. The van der Waals surface area contributed by atoms with Crippen molar-refractivity contribution in [3.63, 3.8) is 0 Å². The lowest BCUT2D eigenvalue weighted by Gasteiger charge is -2.34. The largest absolute Gasteiger partial charge is 0.481 e. The van der Waals surface area contributed by atoms with Crippen LogP contribution in [0, 0.1) is 17.3 Å². The molecule has 118 valence electrons. The molecule has 1 heterocycles. The van der Waals surface area contributed by atoms with Crippen LogP contribution in [-0.4, -0.2) is 65.7 Å². The molecule has 2 amide bonds. The highest BCUT2D eigenvalue weighted by atomic mass is 16.6. The molecule has 1 aliphatic heterocycles. The van der Waals surface area contributed by atoms with E-state index in [0.29, 0.717) is 32.8 Å². The fraction of sp³-hybridized carbons (Fsp3) is 0.786. The first kappa shape index (κ1) is 15.6. The topological polar surface area (TPSA) is 87.2 Å². The second kappa shape index (κ2) is 5.54. The summed E-state index contributed by atoms with van der Waals surface area (Å²) in [5.41, 5.74) is -0.485. The monoisotopic (exact) mass is 298 g/mol. The number of rotatable bonds is 3. The lowest BCUT2D eigenvalue weighted by atomic mass is 10.1. The van der Waals surface area contributed by atoms with Gasteiger partial charge in [-0.15, -0.1) is 0 Å². The average Bonchev–Trinajstić information content (AvgIpc) is 3.01. The van der Waals surface area contributed by atoms with E-state index in [2.05, 4.69) is 0 Å². The third kappa shape index (κ3) is 2.82. The molecule has 7 nitrogen and oxygen atoms in total. The van der Waals surface area contributed by atoms with Crippen LogP contribution in [0.5, 0.6) is 0 Å². The Morgan fingerprint density at radius 2 is 1.62 bits per heavy atom. The Kier molecular flexibility index (Phi) is 4.11. The van der Waals surface area contributed by atoms with E-state index in [9.17, 15) is 14.4 Å². The third-order valence-electron chi connectivity index (χ3n) is 4.48. The Bertz CT molecular complexity index is 454. The van der Waals surface area contributed by atoms with E-state index in [0.717, 1.165) is 0 Å². The van der Waals surface area contributed by atoms with E-state index in [1.807, 2.05) is 13.8 Å². The number of nitrogens with zero attached hydrogens (tertiary/aromatic N) is 2. The first-order valence-electron chi connectivity index (χ1n) is 7.24. The van der Waals surface area contributed by atoms with Gasteiger partial charge in [-0.25, -0.2) is 4.79 Å². The van der Waals surface area contributed by atoms with Crippen LogP contribution >= 0.6 is 0 Å². The lowest BCUT2D eigenvalue weighted by molar-refractivity contribution is -0.142. The summed E-state index contributed by atoms with van der Waals surface area (Å²) in [5, 5.41) is 9.14. The Morgan fingerprint density at radius 1 is 1.10 bits per heavy atom. The number of ether oxygens (including phenoxy) is 1. The second-order valence-corrected chi connectivity index (χ2v) is 6.13. The number of hydrogen-bond acceptors (Lipinski definition) is 4. The molecule has 0 aromatic carbocycles.